The number of rotatable bonds is 5. The number of carbonyl (C=O) groups is 2. The van der Waals surface area contributed by atoms with Crippen LogP contribution in [0.25, 0.3) is 0 Å². The van der Waals surface area contributed by atoms with Crippen LogP contribution in [0.3, 0.4) is 0 Å². The Morgan fingerprint density at radius 3 is 2.79 bits per heavy atom. The molecule has 0 atom stereocenters. The van der Waals surface area contributed by atoms with Crippen molar-refractivity contribution in [3.63, 3.8) is 0 Å². The SMILES string of the molecule is CCCN(CC(=O)OC)C(=O)c1cc(Br)cnc1Cl. The minimum atomic E-state index is -0.471. The van der Waals surface area contributed by atoms with Crippen molar-refractivity contribution in [3.8, 4) is 0 Å². The lowest BCUT2D eigenvalue weighted by Crippen LogP contribution is -2.37. The predicted molar refractivity (Wildman–Crippen MR) is 75.2 cm³/mol. The number of hydrogen-bond acceptors (Lipinski definition) is 4. The lowest BCUT2D eigenvalue weighted by Gasteiger charge is -2.21. The van der Waals surface area contributed by atoms with Crippen molar-refractivity contribution in [1.29, 1.82) is 0 Å². The third-order valence-corrected chi connectivity index (χ3v) is 3.10. The van der Waals surface area contributed by atoms with Crippen LogP contribution in [-0.2, 0) is 9.53 Å². The molecule has 0 saturated heterocycles. The summed E-state index contributed by atoms with van der Waals surface area (Å²) in [5.41, 5.74) is 0.258. The number of carbonyl (C=O) groups excluding carboxylic acids is 2. The first-order valence-electron chi connectivity index (χ1n) is 5.66. The second-order valence-electron chi connectivity index (χ2n) is 3.79. The zero-order valence-corrected chi connectivity index (χ0v) is 13.0. The van der Waals surface area contributed by atoms with Crippen LogP contribution in [0.5, 0.6) is 0 Å². The van der Waals surface area contributed by atoms with Crippen LogP contribution in [0.15, 0.2) is 16.7 Å². The van der Waals surface area contributed by atoms with Crippen LogP contribution in [0.1, 0.15) is 23.7 Å². The molecule has 1 aromatic heterocycles. The van der Waals surface area contributed by atoms with Crippen molar-refractivity contribution in [3.05, 3.63) is 27.5 Å². The van der Waals surface area contributed by atoms with Gasteiger partial charge in [0.25, 0.3) is 5.91 Å². The lowest BCUT2D eigenvalue weighted by molar-refractivity contribution is -0.141. The Bertz CT molecular complexity index is 482. The first-order valence-corrected chi connectivity index (χ1v) is 6.83. The minimum Gasteiger partial charge on any atom is -0.468 e. The molecule has 104 valence electrons. The van der Waals surface area contributed by atoms with E-state index in [0.29, 0.717) is 11.0 Å². The van der Waals surface area contributed by atoms with Gasteiger partial charge in [-0.15, -0.1) is 0 Å². The highest BCUT2D eigenvalue weighted by Crippen LogP contribution is 2.20. The normalized spacial score (nSPS) is 10.1. The fourth-order valence-electron chi connectivity index (χ4n) is 1.49. The standard InChI is InChI=1S/C12H14BrClN2O3/c1-3-4-16(7-10(17)19-2)12(18)9-5-8(13)6-15-11(9)14/h5-6H,3-4,7H2,1-2H3. The van der Waals surface area contributed by atoms with Gasteiger partial charge in [0.15, 0.2) is 0 Å². The smallest absolute Gasteiger partial charge is 0.325 e. The molecule has 0 aromatic carbocycles. The maximum absolute atomic E-state index is 12.3. The van der Waals surface area contributed by atoms with Gasteiger partial charge in [0.1, 0.15) is 11.7 Å². The van der Waals surface area contributed by atoms with E-state index in [0.717, 1.165) is 6.42 Å². The van der Waals surface area contributed by atoms with E-state index in [1.54, 1.807) is 6.07 Å². The number of methoxy groups -OCH3 is 1. The molecular formula is C12H14BrClN2O3. The highest BCUT2D eigenvalue weighted by atomic mass is 79.9. The van der Waals surface area contributed by atoms with Gasteiger partial charge in [-0.1, -0.05) is 18.5 Å². The molecule has 1 rings (SSSR count). The zero-order chi connectivity index (χ0) is 14.4. The number of hydrogen-bond donors (Lipinski definition) is 0. The Balaban J connectivity index is 2.98. The molecule has 5 nitrogen and oxygen atoms in total. The van der Waals surface area contributed by atoms with Crippen LogP contribution in [0.4, 0.5) is 0 Å². The third-order valence-electron chi connectivity index (χ3n) is 2.36. The van der Waals surface area contributed by atoms with Gasteiger partial charge in [-0.05, 0) is 28.4 Å². The maximum Gasteiger partial charge on any atom is 0.325 e. The van der Waals surface area contributed by atoms with Gasteiger partial charge in [-0.25, -0.2) is 4.98 Å². The Morgan fingerprint density at radius 2 is 2.21 bits per heavy atom. The van der Waals surface area contributed by atoms with Crippen molar-refractivity contribution >= 4 is 39.4 Å². The lowest BCUT2D eigenvalue weighted by atomic mass is 10.2. The molecule has 0 fully saturated rings. The average Bonchev–Trinajstić information content (AvgIpc) is 2.40. The van der Waals surface area contributed by atoms with Crippen molar-refractivity contribution in [2.24, 2.45) is 0 Å². The molecule has 1 aromatic rings. The Hall–Kier alpha value is -1.14. The Kier molecular flexibility index (Phi) is 6.24. The average molecular weight is 350 g/mol. The highest BCUT2D eigenvalue weighted by molar-refractivity contribution is 9.10. The van der Waals surface area contributed by atoms with Gasteiger partial charge in [-0.2, -0.15) is 0 Å². The van der Waals surface area contributed by atoms with Gasteiger partial charge >= 0.3 is 5.97 Å². The molecule has 0 aliphatic heterocycles. The second-order valence-corrected chi connectivity index (χ2v) is 5.07. The summed E-state index contributed by atoms with van der Waals surface area (Å²) in [6.07, 6.45) is 2.23. The van der Waals surface area contributed by atoms with Crippen molar-refractivity contribution in [1.82, 2.24) is 9.88 Å². The number of amides is 1. The molecule has 0 N–H and O–H groups in total. The molecule has 0 saturated carbocycles. The number of halogens is 2. The highest BCUT2D eigenvalue weighted by Gasteiger charge is 2.21. The molecule has 0 radical (unpaired) electrons. The molecule has 0 bridgehead atoms. The van der Waals surface area contributed by atoms with E-state index in [2.05, 4.69) is 25.7 Å². The fraction of sp³-hybridized carbons (Fsp3) is 0.417. The molecule has 0 aliphatic carbocycles. The molecular weight excluding hydrogens is 336 g/mol. The summed E-state index contributed by atoms with van der Waals surface area (Å²) in [4.78, 5) is 28.9. The predicted octanol–water partition coefficient (Wildman–Crippen LogP) is 2.52. The van der Waals surface area contributed by atoms with E-state index < -0.39 is 5.97 Å². The van der Waals surface area contributed by atoms with Crippen LogP contribution in [0, 0.1) is 0 Å². The topological polar surface area (TPSA) is 59.5 Å². The molecule has 0 spiro atoms. The van der Waals surface area contributed by atoms with Crippen LogP contribution in [-0.4, -0.2) is 42.0 Å². The zero-order valence-electron chi connectivity index (χ0n) is 10.7. The summed E-state index contributed by atoms with van der Waals surface area (Å²) in [7, 11) is 1.28. The molecule has 1 amide bonds. The van der Waals surface area contributed by atoms with Crippen LogP contribution < -0.4 is 0 Å². The Labute approximate surface area is 125 Å². The van der Waals surface area contributed by atoms with E-state index in [-0.39, 0.29) is 23.2 Å². The maximum atomic E-state index is 12.3. The number of nitrogens with zero attached hydrogens (tertiary/aromatic N) is 2. The largest absolute Gasteiger partial charge is 0.468 e. The summed E-state index contributed by atoms with van der Waals surface area (Å²) in [6.45, 7) is 2.25. The summed E-state index contributed by atoms with van der Waals surface area (Å²) in [6, 6.07) is 1.58. The van der Waals surface area contributed by atoms with Crippen LogP contribution in [0.2, 0.25) is 5.15 Å². The number of ether oxygens (including phenoxy) is 1. The molecule has 1 heterocycles. The molecule has 7 heteroatoms. The summed E-state index contributed by atoms with van der Waals surface area (Å²) in [5, 5.41) is 0.110. The van der Waals surface area contributed by atoms with E-state index in [1.807, 2.05) is 6.92 Å². The summed E-state index contributed by atoms with van der Waals surface area (Å²) >= 11 is 9.14. The molecule has 19 heavy (non-hydrogen) atoms. The number of aromatic nitrogens is 1. The van der Waals surface area contributed by atoms with Gasteiger partial charge in [0, 0.05) is 17.2 Å². The van der Waals surface area contributed by atoms with Crippen molar-refractivity contribution in [2.75, 3.05) is 20.2 Å². The van der Waals surface area contributed by atoms with Gasteiger partial charge in [0.05, 0.1) is 12.7 Å². The quantitative estimate of drug-likeness (QED) is 0.605. The van der Waals surface area contributed by atoms with Gasteiger partial charge < -0.3 is 9.64 Å². The number of pyridine rings is 1. The van der Waals surface area contributed by atoms with Gasteiger partial charge in [0.2, 0.25) is 0 Å². The van der Waals surface area contributed by atoms with Crippen LogP contribution >= 0.6 is 27.5 Å². The monoisotopic (exact) mass is 348 g/mol. The van der Waals surface area contributed by atoms with Crippen molar-refractivity contribution in [2.45, 2.75) is 13.3 Å². The van der Waals surface area contributed by atoms with E-state index in [9.17, 15) is 9.59 Å². The van der Waals surface area contributed by atoms with E-state index in [1.165, 1.54) is 18.2 Å². The molecule has 0 aliphatic rings. The summed E-state index contributed by atoms with van der Waals surface area (Å²) in [5.74, 6) is -0.813. The molecule has 0 unspecified atom stereocenters. The second kappa shape index (κ2) is 7.45. The van der Waals surface area contributed by atoms with E-state index >= 15 is 0 Å². The van der Waals surface area contributed by atoms with E-state index in [4.69, 9.17) is 11.6 Å². The summed E-state index contributed by atoms with van der Waals surface area (Å²) < 4.78 is 5.22. The first kappa shape index (κ1) is 15.9. The first-order chi connectivity index (χ1) is 8.99. The van der Waals surface area contributed by atoms with Crippen molar-refractivity contribution < 1.29 is 14.3 Å². The number of esters is 1. The van der Waals surface area contributed by atoms with Gasteiger partial charge in [-0.3, -0.25) is 9.59 Å². The third kappa shape index (κ3) is 4.47. The Morgan fingerprint density at radius 1 is 1.53 bits per heavy atom. The minimum absolute atomic E-state index is 0.105. The fourth-order valence-corrected chi connectivity index (χ4v) is 2.00.